The topological polar surface area (TPSA) is 35.5 Å². The molecule has 25 heavy (non-hydrogen) atoms. The van der Waals surface area contributed by atoms with Crippen molar-refractivity contribution in [3.63, 3.8) is 0 Å². The summed E-state index contributed by atoms with van der Waals surface area (Å²) in [5, 5.41) is 0. The van der Waals surface area contributed by atoms with Gasteiger partial charge in [-0.25, -0.2) is 0 Å². The maximum Gasteiger partial charge on any atom is 0.330 e. The molecule has 0 saturated carbocycles. The highest BCUT2D eigenvalue weighted by atomic mass is 31.2. The summed E-state index contributed by atoms with van der Waals surface area (Å²) in [5.41, 5.74) is 0. The van der Waals surface area contributed by atoms with Crippen LogP contribution in [0.2, 0.25) is 0 Å². The zero-order valence-corrected chi connectivity index (χ0v) is 17.4. The highest BCUT2D eigenvalue weighted by Gasteiger charge is 2.26. The summed E-state index contributed by atoms with van der Waals surface area (Å²) < 4.78 is 22.8. The fourth-order valence-electron chi connectivity index (χ4n) is 3.19. The lowest BCUT2D eigenvalue weighted by molar-refractivity contribution is 0.146. The third-order valence-corrected chi connectivity index (χ3v) is 6.82. The number of hydrogen-bond donors (Lipinski definition) is 0. The van der Waals surface area contributed by atoms with E-state index in [9.17, 15) is 4.57 Å². The van der Waals surface area contributed by atoms with E-state index in [0.29, 0.717) is 19.4 Å². The Labute approximate surface area is 156 Å². The summed E-state index contributed by atoms with van der Waals surface area (Å²) in [6, 6.07) is 0. The van der Waals surface area contributed by atoms with Gasteiger partial charge in [-0.1, -0.05) is 76.9 Å². The summed E-state index contributed by atoms with van der Waals surface area (Å²) in [7, 11) is -2.71. The van der Waals surface area contributed by atoms with Gasteiger partial charge in [0.15, 0.2) is 0 Å². The summed E-state index contributed by atoms with van der Waals surface area (Å²) in [6.45, 7) is 3.47. The molecule has 0 bridgehead atoms. The molecule has 148 valence electrons. The number of allylic oxidation sites excluding steroid dienone is 2. The van der Waals surface area contributed by atoms with Gasteiger partial charge < -0.3 is 9.05 Å². The van der Waals surface area contributed by atoms with Gasteiger partial charge >= 0.3 is 7.60 Å². The van der Waals surface area contributed by atoms with Gasteiger partial charge in [-0.15, -0.1) is 0 Å². The van der Waals surface area contributed by atoms with Gasteiger partial charge in [0.1, 0.15) is 0 Å². The first-order valence-corrected chi connectivity index (χ1v) is 12.5. The van der Waals surface area contributed by atoms with E-state index in [1.165, 1.54) is 77.0 Å². The first-order valence-electron chi connectivity index (χ1n) is 10.8. The smallest absolute Gasteiger partial charge is 0.308 e. The third-order valence-electron chi connectivity index (χ3n) is 4.81. The molecule has 0 radical (unpaired) electrons. The van der Waals surface area contributed by atoms with Gasteiger partial charge in [0.2, 0.25) is 0 Å². The molecule has 0 atom stereocenters. The largest absolute Gasteiger partial charge is 0.330 e. The Morgan fingerprint density at radius 1 is 0.720 bits per heavy atom. The van der Waals surface area contributed by atoms with Crippen molar-refractivity contribution in [3.8, 4) is 0 Å². The van der Waals surface area contributed by atoms with Crippen molar-refractivity contribution in [2.24, 2.45) is 0 Å². The minimum atomic E-state index is -2.71. The molecule has 0 N–H and O–H groups in total. The minimum absolute atomic E-state index is 0.601. The maximum absolute atomic E-state index is 12.1. The number of unbranched alkanes of at least 4 members (excludes halogenated alkanes) is 12. The Bertz CT molecular complexity index is 358. The van der Waals surface area contributed by atoms with E-state index < -0.39 is 7.60 Å². The molecule has 1 fully saturated rings. The van der Waals surface area contributed by atoms with Crippen molar-refractivity contribution in [2.75, 3.05) is 19.4 Å². The lowest BCUT2D eigenvalue weighted by Crippen LogP contribution is -2.10. The second-order valence-corrected chi connectivity index (χ2v) is 9.48. The predicted molar refractivity (Wildman–Crippen MR) is 108 cm³/mol. The van der Waals surface area contributed by atoms with Crippen LogP contribution in [0, 0.1) is 0 Å². The molecule has 3 nitrogen and oxygen atoms in total. The van der Waals surface area contributed by atoms with Gasteiger partial charge in [-0.3, -0.25) is 4.57 Å². The average molecular weight is 373 g/mol. The molecule has 1 rings (SSSR count). The summed E-state index contributed by atoms with van der Waals surface area (Å²) in [4.78, 5) is 0. The van der Waals surface area contributed by atoms with E-state index in [2.05, 4.69) is 19.1 Å². The van der Waals surface area contributed by atoms with E-state index >= 15 is 0 Å². The van der Waals surface area contributed by atoms with Crippen LogP contribution in [0.1, 0.15) is 103 Å². The molecular formula is C21H41O3P. The second-order valence-electron chi connectivity index (χ2n) is 7.29. The van der Waals surface area contributed by atoms with E-state index in [4.69, 9.17) is 9.05 Å². The second kappa shape index (κ2) is 16.1. The molecule has 1 heterocycles. The van der Waals surface area contributed by atoms with Gasteiger partial charge in [0.05, 0.1) is 19.4 Å². The molecule has 0 aromatic heterocycles. The maximum atomic E-state index is 12.1. The minimum Gasteiger partial charge on any atom is -0.308 e. The van der Waals surface area contributed by atoms with Crippen molar-refractivity contribution in [3.05, 3.63) is 12.2 Å². The van der Waals surface area contributed by atoms with Crippen LogP contribution in [0.15, 0.2) is 12.2 Å². The van der Waals surface area contributed by atoms with Gasteiger partial charge in [0.25, 0.3) is 0 Å². The van der Waals surface area contributed by atoms with E-state index in [1.807, 2.05) is 0 Å². The fourth-order valence-corrected chi connectivity index (χ4v) is 4.94. The van der Waals surface area contributed by atoms with Gasteiger partial charge in [0, 0.05) is 0 Å². The van der Waals surface area contributed by atoms with Crippen LogP contribution in [0.3, 0.4) is 0 Å². The normalized spacial score (nSPS) is 17.3. The predicted octanol–water partition coefficient (Wildman–Crippen LogP) is 7.65. The van der Waals surface area contributed by atoms with E-state index in [-0.39, 0.29) is 0 Å². The Morgan fingerprint density at radius 2 is 1.20 bits per heavy atom. The van der Waals surface area contributed by atoms with Crippen LogP contribution in [0.4, 0.5) is 0 Å². The van der Waals surface area contributed by atoms with Crippen LogP contribution < -0.4 is 0 Å². The lowest BCUT2D eigenvalue weighted by atomic mass is 10.1. The van der Waals surface area contributed by atoms with Crippen LogP contribution in [-0.4, -0.2) is 19.4 Å². The van der Waals surface area contributed by atoms with Crippen LogP contribution in [0.5, 0.6) is 0 Å². The highest BCUT2D eigenvalue weighted by Crippen LogP contribution is 2.51. The summed E-state index contributed by atoms with van der Waals surface area (Å²) >= 11 is 0. The monoisotopic (exact) mass is 372 g/mol. The molecular weight excluding hydrogens is 331 g/mol. The molecule has 0 aromatic carbocycles. The summed E-state index contributed by atoms with van der Waals surface area (Å²) in [6.07, 6.45) is 24.3. The Kier molecular flexibility index (Phi) is 14.8. The molecule has 1 aliphatic heterocycles. The van der Waals surface area contributed by atoms with Crippen molar-refractivity contribution in [1.82, 2.24) is 0 Å². The quantitative estimate of drug-likeness (QED) is 0.158. The van der Waals surface area contributed by atoms with Crippen LogP contribution >= 0.6 is 7.60 Å². The van der Waals surface area contributed by atoms with E-state index in [1.54, 1.807) is 0 Å². The molecule has 0 aliphatic carbocycles. The van der Waals surface area contributed by atoms with Crippen molar-refractivity contribution in [1.29, 1.82) is 0 Å². The first-order chi connectivity index (χ1) is 12.3. The Balaban J connectivity index is 1.78. The number of rotatable bonds is 16. The van der Waals surface area contributed by atoms with Crippen molar-refractivity contribution in [2.45, 2.75) is 103 Å². The summed E-state index contributed by atoms with van der Waals surface area (Å²) in [5.74, 6) is 0. The van der Waals surface area contributed by atoms with Crippen molar-refractivity contribution >= 4 is 7.60 Å². The van der Waals surface area contributed by atoms with Gasteiger partial charge in [-0.05, 0) is 38.5 Å². The fraction of sp³-hybridized carbons (Fsp3) is 0.905. The molecule has 0 spiro atoms. The SMILES string of the molecule is CCCCCCCC/C=C\CCCCCCCCP1(=O)OCCCO1. The molecule has 4 heteroatoms. The highest BCUT2D eigenvalue weighted by molar-refractivity contribution is 7.53. The zero-order chi connectivity index (χ0) is 18.1. The lowest BCUT2D eigenvalue weighted by Gasteiger charge is -2.22. The molecule has 0 aromatic rings. The van der Waals surface area contributed by atoms with Crippen LogP contribution in [-0.2, 0) is 13.6 Å². The molecule has 0 amide bonds. The first kappa shape index (κ1) is 22.9. The Hall–Kier alpha value is -0.110. The Morgan fingerprint density at radius 3 is 1.76 bits per heavy atom. The van der Waals surface area contributed by atoms with Gasteiger partial charge in [-0.2, -0.15) is 0 Å². The standard InChI is InChI=1S/C21H41O3P/c1-2-3-4-5-6-7-8-9-10-11-12-13-14-15-16-17-21-25(22)23-19-18-20-24-25/h9-10H,2-8,11-21H2,1H3/b10-9-. The molecule has 1 aliphatic rings. The third kappa shape index (κ3) is 13.7. The van der Waals surface area contributed by atoms with E-state index in [0.717, 1.165) is 19.3 Å². The molecule has 0 unspecified atom stereocenters. The van der Waals surface area contributed by atoms with Crippen molar-refractivity contribution < 1.29 is 13.6 Å². The average Bonchev–Trinajstić information content (AvgIpc) is 2.62. The van der Waals surface area contributed by atoms with Crippen LogP contribution in [0.25, 0.3) is 0 Å². The molecule has 1 saturated heterocycles. The number of hydrogen-bond acceptors (Lipinski definition) is 3. The zero-order valence-electron chi connectivity index (χ0n) is 16.6.